The number of nitriles is 1. The number of methoxy groups -OCH3 is 1. The molecule has 4 rings (SSSR count). The highest BCUT2D eigenvalue weighted by Crippen LogP contribution is 2.32. The molecule has 7 nitrogen and oxygen atoms in total. The van der Waals surface area contributed by atoms with Gasteiger partial charge in [-0.15, -0.1) is 0 Å². The van der Waals surface area contributed by atoms with Crippen molar-refractivity contribution in [3.63, 3.8) is 0 Å². The van der Waals surface area contributed by atoms with Gasteiger partial charge < -0.3 is 24.9 Å². The van der Waals surface area contributed by atoms with E-state index in [2.05, 4.69) is 56.5 Å². The van der Waals surface area contributed by atoms with Crippen LogP contribution >= 0.6 is 0 Å². The molecule has 2 saturated heterocycles. The van der Waals surface area contributed by atoms with Gasteiger partial charge >= 0.3 is 0 Å². The molecule has 158 valence electrons. The van der Waals surface area contributed by atoms with Crippen molar-refractivity contribution in [2.45, 2.75) is 0 Å². The van der Waals surface area contributed by atoms with E-state index in [1.807, 2.05) is 24.3 Å². The van der Waals surface area contributed by atoms with Crippen molar-refractivity contribution in [3.8, 4) is 11.8 Å². The van der Waals surface area contributed by atoms with Gasteiger partial charge in [0, 0.05) is 52.4 Å². The number of rotatable bonds is 5. The van der Waals surface area contributed by atoms with E-state index in [1.54, 1.807) is 7.11 Å². The molecule has 0 spiro atoms. The summed E-state index contributed by atoms with van der Waals surface area (Å²) in [6.07, 6.45) is 0. The predicted octanol–water partition coefficient (Wildman–Crippen LogP) is 2.47. The monoisotopic (exact) mass is 406 g/mol. The molecule has 0 unspecified atom stereocenters. The van der Waals surface area contributed by atoms with Gasteiger partial charge in [0.25, 0.3) is 0 Å². The molecule has 2 heterocycles. The number of benzene rings is 2. The molecule has 2 aromatic carbocycles. The number of piperazine rings is 2. The third-order valence-corrected chi connectivity index (χ3v) is 5.95. The average Bonchev–Trinajstić information content (AvgIpc) is 2.80. The fraction of sp³-hybridized carbons (Fsp3) is 0.435. The van der Waals surface area contributed by atoms with Gasteiger partial charge in [0.1, 0.15) is 11.8 Å². The van der Waals surface area contributed by atoms with Crippen LogP contribution in [0.1, 0.15) is 5.56 Å². The maximum Gasteiger partial charge on any atom is 0.142 e. The summed E-state index contributed by atoms with van der Waals surface area (Å²) in [4.78, 5) is 7.05. The van der Waals surface area contributed by atoms with Crippen LogP contribution in [0.5, 0.6) is 5.75 Å². The van der Waals surface area contributed by atoms with E-state index in [0.717, 1.165) is 80.7 Å². The number of likely N-dealkylation sites (N-methyl/N-ethyl adjacent to an activating group) is 1. The minimum atomic E-state index is 0.742. The summed E-state index contributed by atoms with van der Waals surface area (Å²) < 4.78 is 5.63. The average molecular weight is 407 g/mol. The van der Waals surface area contributed by atoms with E-state index < -0.39 is 0 Å². The molecule has 2 aliphatic rings. The Labute approximate surface area is 179 Å². The fourth-order valence-electron chi connectivity index (χ4n) is 4.14. The first-order valence-corrected chi connectivity index (χ1v) is 10.5. The molecule has 0 amide bonds. The maximum absolute atomic E-state index is 9.37. The summed E-state index contributed by atoms with van der Waals surface area (Å²) in [5.41, 5.74) is 7.57. The van der Waals surface area contributed by atoms with Crippen molar-refractivity contribution >= 4 is 17.1 Å². The summed E-state index contributed by atoms with van der Waals surface area (Å²) >= 11 is 0. The Bertz CT molecular complexity index is 895. The zero-order valence-electron chi connectivity index (χ0n) is 17.8. The van der Waals surface area contributed by atoms with Gasteiger partial charge in [-0.1, -0.05) is 12.1 Å². The van der Waals surface area contributed by atoms with Gasteiger partial charge in [0.2, 0.25) is 0 Å². The second-order valence-electron chi connectivity index (χ2n) is 7.89. The summed E-state index contributed by atoms with van der Waals surface area (Å²) in [7, 11) is 3.90. The minimum Gasteiger partial charge on any atom is -0.495 e. The lowest BCUT2D eigenvalue weighted by molar-refractivity contribution is 0.307. The number of hydrogen-bond acceptors (Lipinski definition) is 7. The van der Waals surface area contributed by atoms with Gasteiger partial charge in [0.15, 0.2) is 0 Å². The smallest absolute Gasteiger partial charge is 0.142 e. The molecule has 0 aromatic heterocycles. The fourth-order valence-corrected chi connectivity index (χ4v) is 4.14. The molecule has 0 saturated carbocycles. The van der Waals surface area contributed by atoms with E-state index in [0.29, 0.717) is 0 Å². The van der Waals surface area contributed by atoms with Crippen LogP contribution in [0.15, 0.2) is 42.5 Å². The highest BCUT2D eigenvalue weighted by atomic mass is 16.5. The SMILES string of the molecule is COc1ccc(NN2CCN(c3ccccc3C#N)CC2)cc1N1CCN(C)CC1. The van der Waals surface area contributed by atoms with Crippen LogP contribution in [0.25, 0.3) is 0 Å². The van der Waals surface area contributed by atoms with Crippen LogP contribution in [0.4, 0.5) is 17.1 Å². The summed E-state index contributed by atoms with van der Waals surface area (Å²) in [5, 5.41) is 11.6. The molecular formula is C23H30N6O. The van der Waals surface area contributed by atoms with E-state index >= 15 is 0 Å². The number of hydrazine groups is 1. The lowest BCUT2D eigenvalue weighted by Crippen LogP contribution is -2.48. The van der Waals surface area contributed by atoms with Crippen LogP contribution in [0.3, 0.4) is 0 Å². The van der Waals surface area contributed by atoms with Gasteiger partial charge in [0.05, 0.1) is 29.7 Å². The first-order valence-electron chi connectivity index (χ1n) is 10.5. The van der Waals surface area contributed by atoms with Crippen molar-refractivity contribution in [1.82, 2.24) is 9.91 Å². The van der Waals surface area contributed by atoms with Crippen LogP contribution in [-0.4, -0.2) is 76.4 Å². The normalized spacial score (nSPS) is 18.2. The Balaban J connectivity index is 1.40. The molecule has 0 radical (unpaired) electrons. The number of hydrogen-bond donors (Lipinski definition) is 1. The first kappa shape index (κ1) is 20.3. The zero-order valence-corrected chi connectivity index (χ0v) is 17.8. The summed E-state index contributed by atoms with van der Waals surface area (Å²) in [6, 6.07) is 16.5. The van der Waals surface area contributed by atoms with E-state index in [4.69, 9.17) is 4.74 Å². The van der Waals surface area contributed by atoms with E-state index in [-0.39, 0.29) is 0 Å². The van der Waals surface area contributed by atoms with Gasteiger partial charge in [-0.3, -0.25) is 0 Å². The largest absolute Gasteiger partial charge is 0.495 e. The lowest BCUT2D eigenvalue weighted by atomic mass is 10.1. The third kappa shape index (κ3) is 4.45. The quantitative estimate of drug-likeness (QED) is 0.819. The highest BCUT2D eigenvalue weighted by molar-refractivity contribution is 5.66. The Morgan fingerprint density at radius 3 is 2.23 bits per heavy atom. The molecule has 1 N–H and O–H groups in total. The van der Waals surface area contributed by atoms with Crippen molar-refractivity contribution in [3.05, 3.63) is 48.0 Å². The van der Waals surface area contributed by atoms with Gasteiger partial charge in [-0.05, 0) is 37.4 Å². The summed E-state index contributed by atoms with van der Waals surface area (Å²) in [5.74, 6) is 0.919. The number of anilines is 3. The van der Waals surface area contributed by atoms with E-state index in [1.165, 1.54) is 0 Å². The molecule has 0 bridgehead atoms. The standard InChI is InChI=1S/C23H30N6O/c1-26-9-11-28(12-10-26)22-17-20(7-8-23(22)30-2)25-29-15-13-27(14-16-29)21-6-4-3-5-19(21)18-24/h3-8,17,25H,9-16H2,1-2H3. The van der Waals surface area contributed by atoms with Crippen molar-refractivity contribution < 1.29 is 4.74 Å². The lowest BCUT2D eigenvalue weighted by Gasteiger charge is -2.37. The van der Waals surface area contributed by atoms with Crippen LogP contribution in [-0.2, 0) is 0 Å². The molecular weight excluding hydrogens is 376 g/mol. The van der Waals surface area contributed by atoms with Gasteiger partial charge in [-0.2, -0.15) is 5.26 Å². The molecule has 2 aromatic rings. The number of ether oxygens (including phenoxy) is 1. The van der Waals surface area contributed by atoms with Gasteiger partial charge in [-0.25, -0.2) is 5.01 Å². The summed E-state index contributed by atoms with van der Waals surface area (Å²) in [6.45, 7) is 7.67. The van der Waals surface area contributed by atoms with Crippen LogP contribution in [0, 0.1) is 11.3 Å². The molecule has 0 atom stereocenters. The predicted molar refractivity (Wildman–Crippen MR) is 121 cm³/mol. The van der Waals surface area contributed by atoms with Crippen LogP contribution in [0.2, 0.25) is 0 Å². The minimum absolute atomic E-state index is 0.742. The molecule has 0 aliphatic carbocycles. The second kappa shape index (κ2) is 9.24. The Morgan fingerprint density at radius 2 is 1.53 bits per heavy atom. The van der Waals surface area contributed by atoms with Crippen molar-refractivity contribution in [2.24, 2.45) is 0 Å². The Kier molecular flexibility index (Phi) is 6.26. The Morgan fingerprint density at radius 1 is 0.867 bits per heavy atom. The molecule has 7 heteroatoms. The number of nitrogens with zero attached hydrogens (tertiary/aromatic N) is 5. The Hall–Kier alpha value is -2.95. The molecule has 2 aliphatic heterocycles. The first-order chi connectivity index (χ1) is 14.7. The zero-order chi connectivity index (χ0) is 20.9. The van der Waals surface area contributed by atoms with Crippen molar-refractivity contribution in [1.29, 1.82) is 5.26 Å². The van der Waals surface area contributed by atoms with E-state index in [9.17, 15) is 5.26 Å². The second-order valence-corrected chi connectivity index (χ2v) is 7.89. The third-order valence-electron chi connectivity index (χ3n) is 5.95. The maximum atomic E-state index is 9.37. The number of para-hydroxylation sites is 1. The molecule has 2 fully saturated rings. The van der Waals surface area contributed by atoms with Crippen LogP contribution < -0.4 is 20.0 Å². The highest BCUT2D eigenvalue weighted by Gasteiger charge is 2.21. The molecule has 30 heavy (non-hydrogen) atoms. The van der Waals surface area contributed by atoms with Crippen molar-refractivity contribution in [2.75, 3.05) is 81.7 Å². The number of nitrogens with one attached hydrogen (secondary N) is 1. The topological polar surface area (TPSA) is 58.0 Å².